The number of amides is 1. The predicted octanol–water partition coefficient (Wildman–Crippen LogP) is 3.63. The molecule has 1 amide bonds. The van der Waals surface area contributed by atoms with Crippen LogP contribution in [0.1, 0.15) is 44.6 Å². The smallest absolute Gasteiger partial charge is 0.222 e. The normalized spacial score (nSPS) is 23.4. The van der Waals surface area contributed by atoms with Crippen molar-refractivity contribution in [3.63, 3.8) is 0 Å². The predicted molar refractivity (Wildman–Crippen MR) is 94.4 cm³/mol. The van der Waals surface area contributed by atoms with Crippen molar-refractivity contribution in [1.29, 1.82) is 0 Å². The third-order valence-corrected chi connectivity index (χ3v) is 6.30. The van der Waals surface area contributed by atoms with E-state index >= 15 is 0 Å². The molecule has 1 aromatic rings. The second kappa shape index (κ2) is 7.08. The summed E-state index contributed by atoms with van der Waals surface area (Å²) in [5, 5.41) is 0.146. The highest BCUT2D eigenvalue weighted by atomic mass is 32.2. The maximum atomic E-state index is 12.4. The van der Waals surface area contributed by atoms with Crippen molar-refractivity contribution in [2.24, 2.45) is 5.92 Å². The molecule has 0 radical (unpaired) electrons. The van der Waals surface area contributed by atoms with Gasteiger partial charge < -0.3 is 4.90 Å². The van der Waals surface area contributed by atoms with Crippen LogP contribution in [0.15, 0.2) is 30.3 Å². The summed E-state index contributed by atoms with van der Waals surface area (Å²) < 4.78 is 0. The second-order valence-electron chi connectivity index (χ2n) is 7.00. The van der Waals surface area contributed by atoms with E-state index in [2.05, 4.69) is 35.2 Å². The van der Waals surface area contributed by atoms with Crippen molar-refractivity contribution in [3.8, 4) is 0 Å². The fourth-order valence-corrected chi connectivity index (χ4v) is 4.79. The first-order valence-electron chi connectivity index (χ1n) is 8.56. The Kier molecular flexibility index (Phi) is 5.10. The Morgan fingerprint density at radius 1 is 1.26 bits per heavy atom. The van der Waals surface area contributed by atoms with E-state index in [4.69, 9.17) is 0 Å². The van der Waals surface area contributed by atoms with Crippen LogP contribution in [0, 0.1) is 5.92 Å². The lowest BCUT2D eigenvalue weighted by atomic mass is 9.78. The highest BCUT2D eigenvalue weighted by molar-refractivity contribution is 8.13. The lowest BCUT2D eigenvalue weighted by Gasteiger charge is -2.34. The first kappa shape index (κ1) is 16.6. The molecule has 1 saturated heterocycles. The van der Waals surface area contributed by atoms with Gasteiger partial charge in [-0.25, -0.2) is 0 Å². The number of carbonyl (C=O) groups excluding carboxylic acids is 2. The fourth-order valence-electron chi connectivity index (χ4n) is 4.10. The Morgan fingerprint density at radius 3 is 2.61 bits per heavy atom. The van der Waals surface area contributed by atoms with Crippen LogP contribution >= 0.6 is 11.8 Å². The molecule has 23 heavy (non-hydrogen) atoms. The van der Waals surface area contributed by atoms with E-state index in [9.17, 15) is 9.59 Å². The average molecular weight is 331 g/mol. The molecule has 4 heteroatoms. The summed E-state index contributed by atoms with van der Waals surface area (Å²) >= 11 is 1.35. The zero-order valence-corrected chi connectivity index (χ0v) is 14.6. The molecule has 2 aliphatic rings. The molecule has 2 fully saturated rings. The highest BCUT2D eigenvalue weighted by Gasteiger charge is 2.40. The minimum atomic E-state index is 0.138. The van der Waals surface area contributed by atoms with Gasteiger partial charge in [0.25, 0.3) is 0 Å². The van der Waals surface area contributed by atoms with E-state index in [1.165, 1.54) is 43.0 Å². The van der Waals surface area contributed by atoms with Gasteiger partial charge in [0.15, 0.2) is 5.12 Å². The van der Waals surface area contributed by atoms with Crippen LogP contribution in [0.25, 0.3) is 0 Å². The monoisotopic (exact) mass is 331 g/mol. The van der Waals surface area contributed by atoms with Gasteiger partial charge in [0.2, 0.25) is 5.91 Å². The molecule has 1 unspecified atom stereocenters. The molecule has 124 valence electrons. The number of rotatable bonds is 5. The Bertz CT molecular complexity index is 566. The van der Waals surface area contributed by atoms with Gasteiger partial charge in [0.1, 0.15) is 0 Å². The van der Waals surface area contributed by atoms with Gasteiger partial charge in [-0.2, -0.15) is 0 Å². The summed E-state index contributed by atoms with van der Waals surface area (Å²) in [6.45, 7) is 3.26. The molecule has 1 aromatic carbocycles. The Labute approximate surface area is 142 Å². The molecule has 3 nitrogen and oxygen atoms in total. The average Bonchev–Trinajstić information content (AvgIpc) is 3.15. The van der Waals surface area contributed by atoms with Gasteiger partial charge in [-0.05, 0) is 24.3 Å². The number of carbonyl (C=O) groups is 2. The summed E-state index contributed by atoms with van der Waals surface area (Å²) in [5.41, 5.74) is 1.52. The van der Waals surface area contributed by atoms with Gasteiger partial charge in [0.05, 0.1) is 0 Å². The number of nitrogens with zero attached hydrogens (tertiary/aromatic N) is 1. The maximum absolute atomic E-state index is 12.4. The molecular formula is C19H25NO2S. The quantitative estimate of drug-likeness (QED) is 0.827. The topological polar surface area (TPSA) is 37.4 Å². The van der Waals surface area contributed by atoms with Crippen LogP contribution in [0.5, 0.6) is 0 Å². The van der Waals surface area contributed by atoms with Gasteiger partial charge >= 0.3 is 0 Å². The summed E-state index contributed by atoms with van der Waals surface area (Å²) in [5.74, 6) is 1.36. The van der Waals surface area contributed by atoms with E-state index in [1.54, 1.807) is 6.92 Å². The summed E-state index contributed by atoms with van der Waals surface area (Å²) in [7, 11) is 0. The molecular weight excluding hydrogens is 306 g/mol. The zero-order valence-electron chi connectivity index (χ0n) is 13.8. The molecule has 1 heterocycles. The van der Waals surface area contributed by atoms with Crippen molar-refractivity contribution >= 4 is 22.8 Å². The van der Waals surface area contributed by atoms with Crippen molar-refractivity contribution in [2.75, 3.05) is 18.8 Å². The van der Waals surface area contributed by atoms with Crippen molar-refractivity contribution in [1.82, 2.24) is 4.90 Å². The Morgan fingerprint density at radius 2 is 1.96 bits per heavy atom. The van der Waals surface area contributed by atoms with E-state index in [1.807, 2.05) is 0 Å². The maximum Gasteiger partial charge on any atom is 0.222 e. The number of hydrogen-bond acceptors (Lipinski definition) is 3. The van der Waals surface area contributed by atoms with Crippen LogP contribution in [-0.4, -0.2) is 34.8 Å². The molecule has 1 aliphatic heterocycles. The van der Waals surface area contributed by atoms with Crippen molar-refractivity contribution in [3.05, 3.63) is 35.9 Å². The van der Waals surface area contributed by atoms with Gasteiger partial charge in [0, 0.05) is 37.6 Å². The molecule has 1 atom stereocenters. The molecule has 0 spiro atoms. The molecule has 1 saturated carbocycles. The highest BCUT2D eigenvalue weighted by Crippen LogP contribution is 2.42. The van der Waals surface area contributed by atoms with E-state index in [0.717, 1.165) is 18.8 Å². The van der Waals surface area contributed by atoms with Gasteiger partial charge in [-0.3, -0.25) is 9.59 Å². The van der Waals surface area contributed by atoms with E-state index < -0.39 is 0 Å². The molecule has 1 aliphatic carbocycles. The first-order valence-corrected chi connectivity index (χ1v) is 9.54. The number of benzene rings is 1. The minimum Gasteiger partial charge on any atom is -0.341 e. The lowest BCUT2D eigenvalue weighted by molar-refractivity contribution is -0.128. The van der Waals surface area contributed by atoms with E-state index in [-0.39, 0.29) is 16.4 Å². The van der Waals surface area contributed by atoms with Crippen molar-refractivity contribution in [2.45, 2.75) is 44.4 Å². The van der Waals surface area contributed by atoms with Crippen LogP contribution < -0.4 is 0 Å². The number of thioether (sulfide) groups is 1. The number of hydrogen-bond donors (Lipinski definition) is 0. The Hall–Kier alpha value is -1.29. The zero-order chi connectivity index (χ0) is 16.3. The van der Waals surface area contributed by atoms with Crippen LogP contribution in [0.4, 0.5) is 0 Å². The fraction of sp³-hybridized carbons (Fsp3) is 0.579. The van der Waals surface area contributed by atoms with Crippen LogP contribution in [0.3, 0.4) is 0 Å². The summed E-state index contributed by atoms with van der Waals surface area (Å²) in [4.78, 5) is 25.6. The second-order valence-corrected chi connectivity index (χ2v) is 8.20. The van der Waals surface area contributed by atoms with E-state index in [0.29, 0.717) is 12.3 Å². The standard InChI is InChI=1S/C19H25NO2S/c1-15(21)23-13-16-11-18(22)20(12-16)14-19(9-5-6-10-19)17-7-3-2-4-8-17/h2-4,7-8,16H,5-6,9-14H2,1H3. The minimum absolute atomic E-state index is 0.138. The molecule has 3 rings (SSSR count). The SMILES string of the molecule is CC(=O)SCC1CC(=O)N(CC2(c3ccccc3)CCCC2)C1. The largest absolute Gasteiger partial charge is 0.341 e. The number of likely N-dealkylation sites (tertiary alicyclic amines) is 1. The first-order chi connectivity index (χ1) is 11.1. The summed E-state index contributed by atoms with van der Waals surface area (Å²) in [6.07, 6.45) is 5.45. The van der Waals surface area contributed by atoms with Gasteiger partial charge in [-0.1, -0.05) is 54.9 Å². The third kappa shape index (κ3) is 3.79. The molecule has 0 aromatic heterocycles. The summed E-state index contributed by atoms with van der Waals surface area (Å²) in [6, 6.07) is 10.7. The molecule has 0 bridgehead atoms. The van der Waals surface area contributed by atoms with Gasteiger partial charge in [-0.15, -0.1) is 0 Å². The third-order valence-electron chi connectivity index (χ3n) is 5.26. The van der Waals surface area contributed by atoms with Crippen LogP contribution in [0.2, 0.25) is 0 Å². The van der Waals surface area contributed by atoms with Crippen LogP contribution in [-0.2, 0) is 15.0 Å². The Balaban J connectivity index is 1.69. The lowest BCUT2D eigenvalue weighted by Crippen LogP contribution is -2.40. The molecule has 0 N–H and O–H groups in total. The van der Waals surface area contributed by atoms with Crippen molar-refractivity contribution < 1.29 is 9.59 Å².